The molecule has 0 N–H and O–H groups in total. The first kappa shape index (κ1) is 11.4. The Morgan fingerprint density at radius 3 is 2.73 bits per heavy atom. The molecule has 1 atom stereocenters. The lowest BCUT2D eigenvalue weighted by Gasteiger charge is -2.20. The monoisotopic (exact) mass is 290 g/mol. The fourth-order valence-corrected chi connectivity index (χ4v) is 4.09. The van der Waals surface area contributed by atoms with E-state index in [9.17, 15) is 4.39 Å². The summed E-state index contributed by atoms with van der Waals surface area (Å²) in [6.07, 6.45) is 0.891. The second kappa shape index (κ2) is 3.46. The third-order valence-electron chi connectivity index (χ3n) is 3.11. The lowest BCUT2D eigenvalue weighted by Crippen LogP contribution is -2.14. The van der Waals surface area contributed by atoms with E-state index in [0.717, 1.165) is 23.1 Å². The Hall–Kier alpha value is -0.0800. The highest BCUT2D eigenvalue weighted by atomic mass is 79.9. The van der Waals surface area contributed by atoms with Gasteiger partial charge in [0.05, 0.1) is 0 Å². The SMILES string of the molecule is Cc1cc(F)c2c(c1Cl)C(Br)CC2(C)C. The molecule has 0 nitrogen and oxygen atoms in total. The average molecular weight is 292 g/mol. The van der Waals surface area contributed by atoms with Gasteiger partial charge in [0.2, 0.25) is 0 Å². The van der Waals surface area contributed by atoms with Crippen LogP contribution >= 0.6 is 27.5 Å². The van der Waals surface area contributed by atoms with Crippen molar-refractivity contribution in [1.29, 1.82) is 0 Å². The summed E-state index contributed by atoms with van der Waals surface area (Å²) in [5, 5.41) is 0.707. The van der Waals surface area contributed by atoms with Crippen molar-refractivity contribution < 1.29 is 4.39 Å². The lowest BCUT2D eigenvalue weighted by atomic mass is 9.86. The highest BCUT2D eigenvalue weighted by Crippen LogP contribution is 2.52. The van der Waals surface area contributed by atoms with Crippen molar-refractivity contribution in [3.8, 4) is 0 Å². The van der Waals surface area contributed by atoms with E-state index in [4.69, 9.17) is 11.6 Å². The van der Waals surface area contributed by atoms with Gasteiger partial charge in [-0.05, 0) is 41.5 Å². The van der Waals surface area contributed by atoms with Crippen molar-refractivity contribution in [2.45, 2.75) is 37.4 Å². The van der Waals surface area contributed by atoms with E-state index in [2.05, 4.69) is 29.8 Å². The van der Waals surface area contributed by atoms with Gasteiger partial charge in [-0.15, -0.1) is 0 Å². The van der Waals surface area contributed by atoms with Crippen molar-refractivity contribution >= 4 is 27.5 Å². The van der Waals surface area contributed by atoms with Crippen molar-refractivity contribution in [3.63, 3.8) is 0 Å². The number of benzene rings is 1. The first-order valence-electron chi connectivity index (χ1n) is 4.97. The number of alkyl halides is 1. The van der Waals surface area contributed by atoms with Crippen LogP contribution in [-0.4, -0.2) is 0 Å². The average Bonchev–Trinajstić information content (AvgIpc) is 2.32. The van der Waals surface area contributed by atoms with Gasteiger partial charge in [-0.3, -0.25) is 0 Å². The molecule has 0 aromatic heterocycles. The summed E-state index contributed by atoms with van der Waals surface area (Å²) in [7, 11) is 0. The minimum absolute atomic E-state index is 0.126. The molecule has 1 unspecified atom stereocenters. The Morgan fingerprint density at radius 2 is 2.13 bits per heavy atom. The topological polar surface area (TPSA) is 0 Å². The Labute approximate surface area is 103 Å². The van der Waals surface area contributed by atoms with Gasteiger partial charge >= 0.3 is 0 Å². The zero-order chi connectivity index (χ0) is 11.4. The summed E-state index contributed by atoms with van der Waals surface area (Å²) in [6.45, 7) is 5.96. The molecule has 0 saturated heterocycles. The van der Waals surface area contributed by atoms with Crippen LogP contribution in [-0.2, 0) is 5.41 Å². The quantitative estimate of drug-likeness (QED) is 0.596. The first-order chi connectivity index (χ1) is 6.84. The molecule has 1 aliphatic rings. The van der Waals surface area contributed by atoms with E-state index >= 15 is 0 Å². The van der Waals surface area contributed by atoms with Gasteiger partial charge < -0.3 is 0 Å². The highest BCUT2D eigenvalue weighted by molar-refractivity contribution is 9.09. The number of aryl methyl sites for hydroxylation is 1. The molecule has 0 aliphatic heterocycles. The van der Waals surface area contributed by atoms with Crippen molar-refractivity contribution in [2.24, 2.45) is 0 Å². The van der Waals surface area contributed by atoms with Crippen LogP contribution in [0.15, 0.2) is 6.07 Å². The van der Waals surface area contributed by atoms with Crippen molar-refractivity contribution in [3.05, 3.63) is 33.6 Å². The summed E-state index contributed by atoms with van der Waals surface area (Å²) >= 11 is 9.82. The molecule has 82 valence electrons. The van der Waals surface area contributed by atoms with Gasteiger partial charge in [0, 0.05) is 9.85 Å². The van der Waals surface area contributed by atoms with Crippen LogP contribution in [0.5, 0.6) is 0 Å². The second-order valence-electron chi connectivity index (χ2n) is 4.83. The standard InChI is InChI=1S/C12H13BrClF/c1-6-4-8(15)10-9(11(6)14)7(13)5-12(10,2)3/h4,7H,5H2,1-3H3. The molecular weight excluding hydrogens is 278 g/mol. The Morgan fingerprint density at radius 1 is 1.53 bits per heavy atom. The molecule has 1 aromatic carbocycles. The lowest BCUT2D eigenvalue weighted by molar-refractivity contribution is 0.487. The third kappa shape index (κ3) is 1.62. The van der Waals surface area contributed by atoms with E-state index in [1.165, 1.54) is 6.07 Å². The molecule has 0 bridgehead atoms. The third-order valence-corrected chi connectivity index (χ3v) is 4.40. The molecule has 0 saturated carbocycles. The summed E-state index contributed by atoms with van der Waals surface area (Å²) in [4.78, 5) is 0.171. The smallest absolute Gasteiger partial charge is 0.127 e. The number of hydrogen-bond acceptors (Lipinski definition) is 0. The zero-order valence-corrected chi connectivity index (χ0v) is 11.3. The van der Waals surface area contributed by atoms with Crippen molar-refractivity contribution in [1.82, 2.24) is 0 Å². The molecule has 0 radical (unpaired) electrons. The summed E-state index contributed by atoms with van der Waals surface area (Å²) in [6, 6.07) is 1.54. The Balaban J connectivity index is 2.78. The van der Waals surface area contributed by atoms with Gasteiger partial charge in [-0.25, -0.2) is 4.39 Å². The maximum atomic E-state index is 13.9. The maximum Gasteiger partial charge on any atom is 0.127 e. The summed E-state index contributed by atoms with van der Waals surface area (Å²) in [5.41, 5.74) is 2.40. The molecule has 1 aromatic rings. The van der Waals surface area contributed by atoms with E-state index in [1.807, 2.05) is 6.92 Å². The number of halogens is 3. The van der Waals surface area contributed by atoms with Gasteiger partial charge in [0.25, 0.3) is 0 Å². The molecule has 15 heavy (non-hydrogen) atoms. The van der Waals surface area contributed by atoms with Crippen LogP contribution in [0, 0.1) is 12.7 Å². The minimum atomic E-state index is -0.134. The maximum absolute atomic E-state index is 13.9. The van der Waals surface area contributed by atoms with Gasteiger partial charge in [0.1, 0.15) is 5.82 Å². The second-order valence-corrected chi connectivity index (χ2v) is 6.32. The number of fused-ring (bicyclic) bond motifs is 1. The van der Waals surface area contributed by atoms with Crippen LogP contribution < -0.4 is 0 Å². The Bertz CT molecular complexity index is 426. The highest BCUT2D eigenvalue weighted by Gasteiger charge is 2.40. The minimum Gasteiger partial charge on any atom is -0.207 e. The zero-order valence-electron chi connectivity index (χ0n) is 9.00. The predicted octanol–water partition coefficient (Wildman–Crippen LogP) is 4.90. The van der Waals surface area contributed by atoms with Gasteiger partial charge in [0.15, 0.2) is 0 Å². The summed E-state index contributed by atoms with van der Waals surface area (Å²) < 4.78 is 13.9. The molecule has 1 aliphatic carbocycles. The largest absolute Gasteiger partial charge is 0.207 e. The van der Waals surface area contributed by atoms with Crippen LogP contribution in [0.25, 0.3) is 0 Å². The van der Waals surface area contributed by atoms with E-state index in [-0.39, 0.29) is 16.1 Å². The van der Waals surface area contributed by atoms with Crippen LogP contribution in [0.2, 0.25) is 5.02 Å². The molecule has 2 rings (SSSR count). The first-order valence-corrected chi connectivity index (χ1v) is 6.27. The normalized spacial score (nSPS) is 22.9. The van der Waals surface area contributed by atoms with Crippen LogP contribution in [0.1, 0.15) is 41.8 Å². The number of hydrogen-bond donors (Lipinski definition) is 0. The molecule has 0 spiro atoms. The predicted molar refractivity (Wildman–Crippen MR) is 65.5 cm³/mol. The molecular formula is C12H13BrClF. The Kier molecular flexibility index (Phi) is 2.63. The van der Waals surface area contributed by atoms with E-state index in [1.54, 1.807) is 0 Å². The van der Waals surface area contributed by atoms with Gasteiger partial charge in [-0.1, -0.05) is 41.4 Å². The molecule has 0 fully saturated rings. The van der Waals surface area contributed by atoms with Gasteiger partial charge in [-0.2, -0.15) is 0 Å². The molecule has 0 amide bonds. The fourth-order valence-electron chi connectivity index (χ4n) is 2.41. The number of rotatable bonds is 0. The molecule has 3 heteroatoms. The molecule has 0 heterocycles. The van der Waals surface area contributed by atoms with Crippen molar-refractivity contribution in [2.75, 3.05) is 0 Å². The summed E-state index contributed by atoms with van der Waals surface area (Å²) in [5.74, 6) is -0.126. The van der Waals surface area contributed by atoms with E-state index < -0.39 is 0 Å². The van der Waals surface area contributed by atoms with Crippen LogP contribution in [0.3, 0.4) is 0 Å². The van der Waals surface area contributed by atoms with E-state index in [0.29, 0.717) is 5.02 Å². The fraction of sp³-hybridized carbons (Fsp3) is 0.500. The van der Waals surface area contributed by atoms with Crippen LogP contribution in [0.4, 0.5) is 4.39 Å².